The van der Waals surface area contributed by atoms with E-state index in [4.69, 9.17) is 0 Å². The summed E-state index contributed by atoms with van der Waals surface area (Å²) >= 11 is 0. The van der Waals surface area contributed by atoms with Gasteiger partial charge < -0.3 is 0 Å². The molecule has 102 valence electrons. The summed E-state index contributed by atoms with van der Waals surface area (Å²) in [5.74, 6) is 5.98. The lowest BCUT2D eigenvalue weighted by Crippen LogP contribution is -1.90. The number of hydrogen-bond acceptors (Lipinski definition) is 4. The molecule has 0 unspecified atom stereocenters. The average molecular weight is 282 g/mol. The van der Waals surface area contributed by atoms with E-state index in [0.29, 0.717) is 11.4 Å². The Morgan fingerprint density at radius 1 is 0.545 bits per heavy atom. The van der Waals surface area contributed by atoms with Crippen LogP contribution < -0.4 is 0 Å². The van der Waals surface area contributed by atoms with Crippen LogP contribution in [0.25, 0.3) is 22.1 Å². The molecule has 0 saturated heterocycles. The Balaban J connectivity index is 1.73. The lowest BCUT2D eigenvalue weighted by molar-refractivity contribution is 1.25. The van der Waals surface area contributed by atoms with Gasteiger partial charge in [0.1, 0.15) is 11.4 Å². The molecule has 2 aromatic heterocycles. The van der Waals surface area contributed by atoms with Gasteiger partial charge in [-0.1, -0.05) is 24.3 Å². The Morgan fingerprint density at radius 3 is 1.41 bits per heavy atom. The van der Waals surface area contributed by atoms with E-state index in [2.05, 4.69) is 31.8 Å². The highest BCUT2D eigenvalue weighted by Gasteiger charge is 1.98. The summed E-state index contributed by atoms with van der Waals surface area (Å²) in [5, 5.41) is 0. The highest BCUT2D eigenvalue weighted by atomic mass is 14.8. The van der Waals surface area contributed by atoms with Crippen molar-refractivity contribution in [2.24, 2.45) is 0 Å². The maximum atomic E-state index is 4.47. The van der Waals surface area contributed by atoms with Crippen LogP contribution in [0.4, 0.5) is 0 Å². The van der Waals surface area contributed by atoms with Crippen LogP contribution >= 0.6 is 0 Å². The van der Waals surface area contributed by atoms with Crippen LogP contribution in [0.5, 0.6) is 0 Å². The Hall–Kier alpha value is -3.32. The zero-order valence-electron chi connectivity index (χ0n) is 11.6. The van der Waals surface area contributed by atoms with Gasteiger partial charge in [-0.3, -0.25) is 9.97 Å². The van der Waals surface area contributed by atoms with Gasteiger partial charge in [-0.15, -0.1) is 0 Å². The second-order valence-corrected chi connectivity index (χ2v) is 4.74. The topological polar surface area (TPSA) is 51.6 Å². The molecule has 0 aliphatic heterocycles. The number of fused-ring (bicyclic) bond motifs is 2. The summed E-state index contributed by atoms with van der Waals surface area (Å²) in [4.78, 5) is 17.6. The van der Waals surface area contributed by atoms with Crippen molar-refractivity contribution in [2.45, 2.75) is 0 Å². The maximum Gasteiger partial charge on any atom is 0.132 e. The number of para-hydroxylation sites is 4. The third-order valence-corrected chi connectivity index (χ3v) is 3.22. The van der Waals surface area contributed by atoms with E-state index in [0.717, 1.165) is 22.1 Å². The van der Waals surface area contributed by atoms with Crippen LogP contribution in [-0.4, -0.2) is 19.9 Å². The molecule has 22 heavy (non-hydrogen) atoms. The van der Waals surface area contributed by atoms with Crippen molar-refractivity contribution in [1.82, 2.24) is 19.9 Å². The molecule has 0 fully saturated rings. The first-order valence-electron chi connectivity index (χ1n) is 6.84. The Labute approximate surface area is 126 Å². The van der Waals surface area contributed by atoms with Crippen molar-refractivity contribution >= 4 is 22.1 Å². The molecule has 0 radical (unpaired) electrons. The smallest absolute Gasteiger partial charge is 0.132 e. The summed E-state index contributed by atoms with van der Waals surface area (Å²) < 4.78 is 0. The van der Waals surface area contributed by atoms with Crippen LogP contribution in [0.2, 0.25) is 0 Å². The number of hydrogen-bond donors (Lipinski definition) is 0. The zero-order valence-corrected chi connectivity index (χ0v) is 11.6. The molecule has 2 aromatic carbocycles. The van der Waals surface area contributed by atoms with E-state index in [1.807, 2.05) is 48.5 Å². The minimum atomic E-state index is 0.619. The van der Waals surface area contributed by atoms with Crippen molar-refractivity contribution in [1.29, 1.82) is 0 Å². The minimum Gasteiger partial charge on any atom is -0.252 e. The molecule has 4 nitrogen and oxygen atoms in total. The Kier molecular flexibility index (Phi) is 2.95. The highest BCUT2D eigenvalue weighted by Crippen LogP contribution is 2.09. The molecule has 2 heterocycles. The quantitative estimate of drug-likeness (QED) is 0.465. The Morgan fingerprint density at radius 2 is 0.955 bits per heavy atom. The van der Waals surface area contributed by atoms with Crippen LogP contribution in [0, 0.1) is 11.8 Å². The third-order valence-electron chi connectivity index (χ3n) is 3.22. The van der Waals surface area contributed by atoms with Gasteiger partial charge in [0.05, 0.1) is 34.5 Å². The molecule has 0 atom stereocenters. The molecule has 0 aliphatic carbocycles. The van der Waals surface area contributed by atoms with E-state index >= 15 is 0 Å². The van der Waals surface area contributed by atoms with Crippen molar-refractivity contribution in [3.05, 3.63) is 72.3 Å². The lowest BCUT2D eigenvalue weighted by atomic mass is 10.3. The molecular weight excluding hydrogens is 272 g/mol. The first-order valence-corrected chi connectivity index (χ1v) is 6.84. The van der Waals surface area contributed by atoms with Crippen molar-refractivity contribution in [2.75, 3.05) is 0 Å². The molecule has 4 aromatic rings. The summed E-state index contributed by atoms with van der Waals surface area (Å²) in [6.45, 7) is 0. The van der Waals surface area contributed by atoms with Gasteiger partial charge in [-0.2, -0.15) is 0 Å². The van der Waals surface area contributed by atoms with Crippen molar-refractivity contribution in [3.63, 3.8) is 0 Å². The molecule has 0 N–H and O–H groups in total. The molecule has 0 amide bonds. The molecule has 0 bridgehead atoms. The fraction of sp³-hybridized carbons (Fsp3) is 0. The minimum absolute atomic E-state index is 0.619. The molecular formula is C18H10N4. The van der Waals surface area contributed by atoms with Crippen LogP contribution in [0.15, 0.2) is 60.9 Å². The molecule has 0 saturated carbocycles. The van der Waals surface area contributed by atoms with E-state index in [-0.39, 0.29) is 0 Å². The first kappa shape index (κ1) is 12.4. The second kappa shape index (κ2) is 5.23. The van der Waals surface area contributed by atoms with Crippen LogP contribution in [0.3, 0.4) is 0 Å². The number of nitrogens with zero attached hydrogens (tertiary/aromatic N) is 4. The van der Waals surface area contributed by atoms with Gasteiger partial charge in [0.15, 0.2) is 0 Å². The fourth-order valence-corrected chi connectivity index (χ4v) is 2.16. The van der Waals surface area contributed by atoms with E-state index in [1.165, 1.54) is 0 Å². The monoisotopic (exact) mass is 282 g/mol. The van der Waals surface area contributed by atoms with Gasteiger partial charge in [-0.25, -0.2) is 9.97 Å². The second-order valence-electron chi connectivity index (χ2n) is 4.74. The summed E-state index contributed by atoms with van der Waals surface area (Å²) in [6.07, 6.45) is 3.34. The van der Waals surface area contributed by atoms with Crippen LogP contribution in [0.1, 0.15) is 11.4 Å². The van der Waals surface area contributed by atoms with E-state index in [1.54, 1.807) is 12.4 Å². The third kappa shape index (κ3) is 2.36. The standard InChI is InChI=1S/C18H10N4/c1-3-7-17-15(5-1)19-11-13(21-17)9-10-14-12-20-16-6-2-4-8-18(16)22-14/h1-8,11-12H. The number of aromatic nitrogens is 4. The normalized spacial score (nSPS) is 10.4. The predicted octanol–water partition coefficient (Wildman–Crippen LogP) is 2.97. The Bertz CT molecular complexity index is 961. The largest absolute Gasteiger partial charge is 0.252 e. The summed E-state index contributed by atoms with van der Waals surface area (Å²) in [7, 11) is 0. The van der Waals surface area contributed by atoms with Crippen molar-refractivity contribution < 1.29 is 0 Å². The van der Waals surface area contributed by atoms with E-state index in [9.17, 15) is 0 Å². The lowest BCUT2D eigenvalue weighted by Gasteiger charge is -1.96. The molecule has 4 heteroatoms. The van der Waals surface area contributed by atoms with Crippen molar-refractivity contribution in [3.8, 4) is 11.8 Å². The molecule has 0 aliphatic rings. The van der Waals surface area contributed by atoms with Gasteiger partial charge in [0, 0.05) is 0 Å². The van der Waals surface area contributed by atoms with Gasteiger partial charge in [0.2, 0.25) is 0 Å². The number of rotatable bonds is 0. The van der Waals surface area contributed by atoms with Crippen LogP contribution in [-0.2, 0) is 0 Å². The SMILES string of the molecule is C(#Cc1cnc2ccccc2n1)c1cnc2ccccc2n1. The summed E-state index contributed by atoms with van der Waals surface area (Å²) in [6, 6.07) is 15.4. The highest BCUT2D eigenvalue weighted by molar-refractivity contribution is 5.75. The zero-order chi connectivity index (χ0) is 14.8. The maximum absolute atomic E-state index is 4.47. The summed E-state index contributed by atoms with van der Waals surface area (Å²) in [5.41, 5.74) is 4.62. The first-order chi connectivity index (χ1) is 10.9. The van der Waals surface area contributed by atoms with E-state index < -0.39 is 0 Å². The average Bonchev–Trinajstić information content (AvgIpc) is 2.59. The number of benzene rings is 2. The predicted molar refractivity (Wildman–Crippen MR) is 85.1 cm³/mol. The molecule has 0 spiro atoms. The fourth-order valence-electron chi connectivity index (χ4n) is 2.16. The molecule has 4 rings (SSSR count). The van der Waals surface area contributed by atoms with Gasteiger partial charge >= 0.3 is 0 Å². The van der Waals surface area contributed by atoms with Gasteiger partial charge in [-0.05, 0) is 36.1 Å². The van der Waals surface area contributed by atoms with Gasteiger partial charge in [0.25, 0.3) is 0 Å².